The summed E-state index contributed by atoms with van der Waals surface area (Å²) in [5.74, 6) is -5.26. The molecule has 1 aliphatic heterocycles. The summed E-state index contributed by atoms with van der Waals surface area (Å²) < 4.78 is 0. The van der Waals surface area contributed by atoms with E-state index < -0.39 is 77.1 Å². The third kappa shape index (κ3) is 12.2. The molecule has 0 bridgehead atoms. The number of imidazole rings is 1. The molecule has 6 rings (SSSR count). The highest BCUT2D eigenvalue weighted by molar-refractivity contribution is 5.99. The van der Waals surface area contributed by atoms with Crippen molar-refractivity contribution in [3.8, 4) is 0 Å². The van der Waals surface area contributed by atoms with E-state index in [2.05, 4.69) is 51.8 Å². The molecule has 20 heteroatoms. The van der Waals surface area contributed by atoms with E-state index in [0.717, 1.165) is 10.9 Å². The van der Waals surface area contributed by atoms with Crippen LogP contribution in [-0.4, -0.2) is 105 Å². The lowest BCUT2D eigenvalue weighted by Crippen LogP contribution is -2.63. The average Bonchev–Trinajstić information content (AvgIpc) is 4.05. The standard InChI is InChI=1S/C43H55N13O7/c44-36(58)30-14-15-35(57)56-43(16-6-7-17-43)41(63)55-34(21-27-23-47-24-50-27)40(62)53-32(19-25-9-2-1-3-10-25)38(60)52-31(13-8-18-48-42(45)46)37(59)54-33(39(61)51-30)20-26-22-49-29-12-5-4-11-28(26)29/h1-5,9-12,22-24,30-34,49H,6-8,13-21H2,(H2,44,58)(H,47,50)(H,51,61)(H,52,60)(H,53,62)(H,54,59)(H,55,63)(H,56,57)(H4,45,46,48)/t30-,31-,32+,33-,34-/m0/s1. The zero-order valence-electron chi connectivity index (χ0n) is 34.8. The first-order chi connectivity index (χ1) is 30.3. The number of hydrogen-bond acceptors (Lipinski definition) is 9. The maximum absolute atomic E-state index is 14.5. The Morgan fingerprint density at radius 1 is 0.730 bits per heavy atom. The van der Waals surface area contributed by atoms with Gasteiger partial charge >= 0.3 is 0 Å². The number of primary amides is 1. The summed E-state index contributed by atoms with van der Waals surface area (Å²) >= 11 is 0. The molecule has 5 atom stereocenters. The van der Waals surface area contributed by atoms with Crippen LogP contribution in [0.4, 0.5) is 0 Å². The number of nitrogens with one attached hydrogen (secondary N) is 8. The summed E-state index contributed by atoms with van der Waals surface area (Å²) in [6.45, 7) is 0.107. The number of para-hydroxylation sites is 1. The second-order valence-corrected chi connectivity index (χ2v) is 16.0. The third-order valence-corrected chi connectivity index (χ3v) is 11.4. The van der Waals surface area contributed by atoms with E-state index in [1.165, 1.54) is 12.5 Å². The highest BCUT2D eigenvalue weighted by Crippen LogP contribution is 2.30. The number of benzene rings is 2. The average molecular weight is 866 g/mol. The van der Waals surface area contributed by atoms with Crippen molar-refractivity contribution in [2.45, 2.75) is 106 Å². The van der Waals surface area contributed by atoms with Crippen LogP contribution in [0.2, 0.25) is 0 Å². The number of nitrogens with zero attached hydrogens (tertiary/aromatic N) is 2. The molecule has 63 heavy (non-hydrogen) atoms. The summed E-state index contributed by atoms with van der Waals surface area (Å²) in [6.07, 6.45) is 6.00. The molecule has 1 aliphatic carbocycles. The Bertz CT molecular complexity index is 2290. The van der Waals surface area contributed by atoms with Crippen molar-refractivity contribution in [2.75, 3.05) is 6.54 Å². The van der Waals surface area contributed by atoms with Crippen molar-refractivity contribution >= 4 is 58.2 Å². The first kappa shape index (κ1) is 45.3. The van der Waals surface area contributed by atoms with Gasteiger partial charge in [0.25, 0.3) is 0 Å². The lowest BCUT2D eigenvalue weighted by Gasteiger charge is -2.32. The number of hydrogen-bond donors (Lipinski definition) is 11. The Labute approximate surface area is 363 Å². The van der Waals surface area contributed by atoms with Gasteiger partial charge in [0.15, 0.2) is 5.96 Å². The molecule has 1 saturated heterocycles. The van der Waals surface area contributed by atoms with Crippen LogP contribution >= 0.6 is 0 Å². The van der Waals surface area contributed by atoms with Crippen LogP contribution in [0.3, 0.4) is 0 Å². The van der Waals surface area contributed by atoms with Gasteiger partial charge < -0.3 is 59.1 Å². The van der Waals surface area contributed by atoms with Crippen LogP contribution in [0.1, 0.15) is 68.2 Å². The van der Waals surface area contributed by atoms with Crippen LogP contribution in [0, 0.1) is 0 Å². The molecule has 2 aromatic carbocycles. The molecule has 20 nitrogen and oxygen atoms in total. The fourth-order valence-corrected chi connectivity index (χ4v) is 8.05. The molecule has 2 fully saturated rings. The van der Waals surface area contributed by atoms with Crippen molar-refractivity contribution in [2.24, 2.45) is 22.2 Å². The number of amides is 7. The second kappa shape index (κ2) is 21.0. The second-order valence-electron chi connectivity index (χ2n) is 16.0. The molecular weight excluding hydrogens is 811 g/mol. The molecule has 4 aromatic rings. The van der Waals surface area contributed by atoms with Gasteiger partial charge in [-0.15, -0.1) is 0 Å². The Kier molecular flexibility index (Phi) is 15.1. The van der Waals surface area contributed by atoms with Crippen LogP contribution < -0.4 is 49.1 Å². The monoisotopic (exact) mass is 865 g/mol. The van der Waals surface area contributed by atoms with Crippen molar-refractivity contribution in [1.29, 1.82) is 0 Å². The molecule has 1 saturated carbocycles. The van der Waals surface area contributed by atoms with E-state index in [1.807, 2.05) is 24.3 Å². The lowest BCUT2D eigenvalue weighted by atomic mass is 9.94. The molecule has 14 N–H and O–H groups in total. The molecule has 3 heterocycles. The van der Waals surface area contributed by atoms with Crippen LogP contribution in [0.25, 0.3) is 10.9 Å². The Balaban J connectivity index is 1.39. The van der Waals surface area contributed by atoms with Gasteiger partial charge in [0.05, 0.1) is 6.33 Å². The van der Waals surface area contributed by atoms with Crippen LogP contribution in [0.15, 0.2) is 78.3 Å². The molecule has 0 unspecified atom stereocenters. The lowest BCUT2D eigenvalue weighted by molar-refractivity contribution is -0.137. The third-order valence-electron chi connectivity index (χ3n) is 11.4. The quantitative estimate of drug-likeness (QED) is 0.0502. The normalized spacial score (nSPS) is 22.8. The summed E-state index contributed by atoms with van der Waals surface area (Å²) in [7, 11) is 0. The van der Waals surface area contributed by atoms with Gasteiger partial charge in [-0.25, -0.2) is 4.98 Å². The van der Waals surface area contributed by atoms with Gasteiger partial charge in [-0.2, -0.15) is 0 Å². The summed E-state index contributed by atoms with van der Waals surface area (Å²) in [4.78, 5) is 112. The molecule has 0 radical (unpaired) electrons. The van der Waals surface area contributed by atoms with Crippen LogP contribution in [0.5, 0.6) is 0 Å². The van der Waals surface area contributed by atoms with Gasteiger partial charge in [0, 0.05) is 61.2 Å². The van der Waals surface area contributed by atoms with Gasteiger partial charge in [-0.3, -0.25) is 38.6 Å². The Morgan fingerprint density at radius 2 is 1.37 bits per heavy atom. The fourth-order valence-electron chi connectivity index (χ4n) is 8.05. The number of guanidine groups is 1. The summed E-state index contributed by atoms with van der Waals surface area (Å²) in [5.41, 5.74) is 18.1. The molecule has 1 spiro atoms. The van der Waals surface area contributed by atoms with E-state index in [-0.39, 0.29) is 70.3 Å². The van der Waals surface area contributed by atoms with Crippen molar-refractivity contribution in [1.82, 2.24) is 46.9 Å². The fraction of sp³-hybridized carbons (Fsp3) is 0.419. The Morgan fingerprint density at radius 3 is 2.05 bits per heavy atom. The summed E-state index contributed by atoms with van der Waals surface area (Å²) in [5, 5.41) is 17.5. The van der Waals surface area contributed by atoms with Crippen molar-refractivity contribution in [3.05, 3.63) is 90.1 Å². The summed E-state index contributed by atoms with van der Waals surface area (Å²) in [6, 6.07) is 9.80. The zero-order valence-corrected chi connectivity index (χ0v) is 34.8. The van der Waals surface area contributed by atoms with Crippen molar-refractivity contribution in [3.63, 3.8) is 0 Å². The van der Waals surface area contributed by atoms with Gasteiger partial charge in [0.1, 0.15) is 35.7 Å². The molecule has 7 amide bonds. The van der Waals surface area contributed by atoms with E-state index in [9.17, 15) is 33.6 Å². The minimum absolute atomic E-state index is 0.00138. The SMILES string of the molecule is NC(=O)[C@@H]1CCC(=O)NC2(CCCC2)C(=O)N[C@@H](Cc2cnc[nH]2)C(=O)N[C@H](Cc2ccccc2)C(=O)N[C@@H](CCCN=C(N)N)C(=O)N[C@@H](Cc2c[nH]c3ccccc23)C(=O)N1. The zero-order chi connectivity index (χ0) is 44.9. The number of carbonyl (C=O) groups is 7. The molecule has 2 aromatic heterocycles. The van der Waals surface area contributed by atoms with E-state index >= 15 is 0 Å². The highest BCUT2D eigenvalue weighted by Gasteiger charge is 2.44. The minimum atomic E-state index is -1.39. The smallest absolute Gasteiger partial charge is 0.246 e. The number of aliphatic imine (C=N–C) groups is 1. The van der Waals surface area contributed by atoms with E-state index in [0.29, 0.717) is 29.7 Å². The first-order valence-electron chi connectivity index (χ1n) is 21.0. The maximum Gasteiger partial charge on any atom is 0.246 e. The predicted molar refractivity (Wildman–Crippen MR) is 232 cm³/mol. The first-order valence-corrected chi connectivity index (χ1v) is 21.0. The number of aromatic amines is 2. The number of carbonyl (C=O) groups excluding carboxylic acids is 7. The highest BCUT2D eigenvalue weighted by atomic mass is 16.2. The van der Waals surface area contributed by atoms with Gasteiger partial charge in [-0.1, -0.05) is 61.4 Å². The predicted octanol–water partition coefficient (Wildman–Crippen LogP) is -0.895. The largest absolute Gasteiger partial charge is 0.370 e. The number of rotatable bonds is 11. The van der Waals surface area contributed by atoms with E-state index in [1.54, 1.807) is 36.5 Å². The topological polar surface area (TPSA) is 327 Å². The van der Waals surface area contributed by atoms with Crippen LogP contribution in [-0.2, 0) is 52.8 Å². The maximum atomic E-state index is 14.5. The number of H-pyrrole nitrogens is 2. The number of fused-ring (bicyclic) bond motifs is 1. The Hall–Kier alpha value is -7.25. The van der Waals surface area contributed by atoms with Gasteiger partial charge in [-0.05, 0) is 49.3 Å². The molecule has 2 aliphatic rings. The van der Waals surface area contributed by atoms with Crippen molar-refractivity contribution < 1.29 is 33.6 Å². The molecule has 334 valence electrons. The molecular formula is C43H55N13O7. The number of aromatic nitrogens is 3. The van der Waals surface area contributed by atoms with Gasteiger partial charge in [0.2, 0.25) is 41.4 Å². The number of nitrogens with two attached hydrogens (primary N) is 3. The minimum Gasteiger partial charge on any atom is -0.370 e. The van der Waals surface area contributed by atoms with E-state index in [4.69, 9.17) is 17.2 Å².